The van der Waals surface area contributed by atoms with E-state index in [2.05, 4.69) is 15.9 Å². The van der Waals surface area contributed by atoms with Crippen molar-refractivity contribution < 1.29 is 23.4 Å². The molecule has 0 N–H and O–H groups in total. The van der Waals surface area contributed by atoms with Crippen molar-refractivity contribution in [3.05, 3.63) is 65.7 Å². The lowest BCUT2D eigenvalue weighted by Crippen LogP contribution is -2.62. The molecule has 1 fully saturated rings. The highest BCUT2D eigenvalue weighted by atomic mass is 79.9. The standard InChI is InChI=1S/C19H17BBrNO4/c1-13(14-7-3-2-4-8-14)22-12-15-9-5-6-10-16(15)20(22)25-18(23)11-17(21)19(24)26-20/h2-10,12-13,17H,11H2,1H3/t13-,17?,20?/m1/s1. The molecular formula is C19H17BBrNO4. The number of alkyl halides is 1. The first kappa shape index (κ1) is 17.0. The number of fused-ring (bicyclic) bond motifs is 2. The van der Waals surface area contributed by atoms with Crippen molar-refractivity contribution in [3.8, 4) is 0 Å². The van der Waals surface area contributed by atoms with Crippen LogP contribution < -0.4 is 5.46 Å². The molecule has 0 aromatic heterocycles. The first-order valence-electron chi connectivity index (χ1n) is 8.51. The minimum atomic E-state index is -2.45. The molecule has 1 spiro atoms. The third kappa shape index (κ3) is 2.67. The van der Waals surface area contributed by atoms with Gasteiger partial charge in [0, 0.05) is 11.1 Å². The van der Waals surface area contributed by atoms with Crippen LogP contribution in [0.1, 0.15) is 30.5 Å². The number of nitrogens with zero attached hydrogens (tertiary/aromatic N) is 1. The molecule has 2 unspecified atom stereocenters. The van der Waals surface area contributed by atoms with E-state index in [4.69, 9.17) is 9.31 Å². The van der Waals surface area contributed by atoms with E-state index in [0.717, 1.165) is 11.1 Å². The van der Waals surface area contributed by atoms with Gasteiger partial charge in [-0.1, -0.05) is 70.5 Å². The fraction of sp³-hybridized carbons (Fsp3) is 0.211. The quantitative estimate of drug-likeness (QED) is 0.559. The molecule has 0 amide bonds. The van der Waals surface area contributed by atoms with Crippen LogP contribution in [0.2, 0.25) is 0 Å². The minimum Gasteiger partial charge on any atom is -0.593 e. The summed E-state index contributed by atoms with van der Waals surface area (Å²) >= 11 is 3.22. The first-order chi connectivity index (χ1) is 12.5. The summed E-state index contributed by atoms with van der Waals surface area (Å²) in [6, 6.07) is 17.2. The second-order valence-electron chi connectivity index (χ2n) is 6.56. The van der Waals surface area contributed by atoms with Gasteiger partial charge in [0.2, 0.25) is 0 Å². The lowest BCUT2D eigenvalue weighted by Gasteiger charge is -2.34. The van der Waals surface area contributed by atoms with Crippen LogP contribution in [0.5, 0.6) is 0 Å². The number of benzene rings is 2. The van der Waals surface area contributed by atoms with Gasteiger partial charge in [0.25, 0.3) is 11.9 Å². The zero-order valence-corrected chi connectivity index (χ0v) is 15.8. The van der Waals surface area contributed by atoms with Crippen molar-refractivity contribution in [3.63, 3.8) is 0 Å². The van der Waals surface area contributed by atoms with Crippen molar-refractivity contribution in [1.29, 1.82) is 0 Å². The molecule has 2 aliphatic heterocycles. The topological polar surface area (TPSA) is 55.6 Å². The van der Waals surface area contributed by atoms with Crippen LogP contribution in [-0.2, 0) is 18.9 Å². The Morgan fingerprint density at radius 2 is 1.77 bits per heavy atom. The van der Waals surface area contributed by atoms with Gasteiger partial charge in [-0.15, -0.1) is 0 Å². The van der Waals surface area contributed by atoms with Crippen molar-refractivity contribution in [2.24, 2.45) is 0 Å². The number of hydrogen-bond acceptors (Lipinski definition) is 4. The van der Waals surface area contributed by atoms with Crippen molar-refractivity contribution in [2.45, 2.75) is 24.2 Å². The van der Waals surface area contributed by atoms with E-state index < -0.39 is 23.5 Å². The largest absolute Gasteiger partial charge is 0.684 e. The molecule has 3 atom stereocenters. The van der Waals surface area contributed by atoms with Crippen LogP contribution >= 0.6 is 15.9 Å². The normalized spacial score (nSPS) is 25.8. The summed E-state index contributed by atoms with van der Waals surface area (Å²) in [5, 5.41) is 0. The van der Waals surface area contributed by atoms with Crippen LogP contribution in [0.25, 0.3) is 0 Å². The van der Waals surface area contributed by atoms with Gasteiger partial charge in [-0.3, -0.25) is 9.59 Å². The Morgan fingerprint density at radius 1 is 1.08 bits per heavy atom. The number of hydrogen-bond donors (Lipinski definition) is 0. The fourth-order valence-corrected chi connectivity index (χ4v) is 4.02. The maximum absolute atomic E-state index is 12.5. The Bertz CT molecular complexity index is 917. The highest BCUT2D eigenvalue weighted by molar-refractivity contribution is 9.10. The van der Waals surface area contributed by atoms with Crippen molar-refractivity contribution in [1.82, 2.24) is 0 Å². The van der Waals surface area contributed by atoms with Gasteiger partial charge >= 0.3 is 6.69 Å². The average molecular weight is 414 g/mol. The maximum atomic E-state index is 12.5. The molecule has 0 bridgehead atoms. The smallest absolute Gasteiger partial charge is 0.593 e. The molecule has 2 aromatic carbocycles. The molecule has 2 aromatic rings. The summed E-state index contributed by atoms with van der Waals surface area (Å²) in [4.78, 5) is 24.2. The van der Waals surface area contributed by atoms with E-state index in [-0.39, 0.29) is 12.5 Å². The van der Waals surface area contributed by atoms with Gasteiger partial charge < -0.3 is 13.8 Å². The van der Waals surface area contributed by atoms with E-state index in [0.29, 0.717) is 5.46 Å². The van der Waals surface area contributed by atoms with E-state index in [1.807, 2.05) is 72.2 Å². The molecule has 0 saturated carbocycles. The Kier molecular flexibility index (Phi) is 4.19. The molecule has 0 radical (unpaired) electrons. The second kappa shape index (κ2) is 6.39. The second-order valence-corrected chi connectivity index (χ2v) is 7.67. The molecule has 2 aliphatic rings. The van der Waals surface area contributed by atoms with E-state index >= 15 is 0 Å². The van der Waals surface area contributed by atoms with Crippen molar-refractivity contribution >= 4 is 46.2 Å². The van der Waals surface area contributed by atoms with Gasteiger partial charge in [0.15, 0.2) is 0 Å². The van der Waals surface area contributed by atoms with Gasteiger partial charge in [-0.2, -0.15) is 0 Å². The predicted octanol–water partition coefficient (Wildman–Crippen LogP) is 2.29. The Hall–Kier alpha value is -2.41. The molecule has 26 heavy (non-hydrogen) atoms. The molecule has 4 rings (SSSR count). The zero-order valence-electron chi connectivity index (χ0n) is 14.2. The van der Waals surface area contributed by atoms with Crippen LogP contribution in [-0.4, -0.2) is 34.2 Å². The molecule has 0 aliphatic carbocycles. The van der Waals surface area contributed by atoms with Crippen LogP contribution in [0.4, 0.5) is 0 Å². The molecule has 5 nitrogen and oxygen atoms in total. The Balaban J connectivity index is 1.87. The third-order valence-corrected chi connectivity index (χ3v) is 5.67. The summed E-state index contributed by atoms with van der Waals surface area (Å²) < 4.78 is 13.5. The first-order valence-corrected chi connectivity index (χ1v) is 9.43. The Labute approximate surface area is 159 Å². The molecule has 2 heterocycles. The number of rotatable bonds is 2. The lowest BCUT2D eigenvalue weighted by molar-refractivity contribution is -0.466. The predicted molar refractivity (Wildman–Crippen MR) is 102 cm³/mol. The Morgan fingerprint density at radius 3 is 2.54 bits per heavy atom. The highest BCUT2D eigenvalue weighted by Gasteiger charge is 2.59. The molecule has 7 heteroatoms. The highest BCUT2D eigenvalue weighted by Crippen LogP contribution is 2.30. The zero-order chi connectivity index (χ0) is 18.3. The average Bonchev–Trinajstić information content (AvgIpc) is 2.89. The van der Waals surface area contributed by atoms with Crippen LogP contribution in [0.3, 0.4) is 0 Å². The monoisotopic (exact) mass is 413 g/mol. The van der Waals surface area contributed by atoms with Crippen molar-refractivity contribution in [2.75, 3.05) is 0 Å². The fourth-order valence-electron chi connectivity index (χ4n) is 3.65. The van der Waals surface area contributed by atoms with Crippen LogP contribution in [0, 0.1) is 0 Å². The van der Waals surface area contributed by atoms with Gasteiger partial charge in [-0.05, 0) is 12.4 Å². The summed E-state index contributed by atoms with van der Waals surface area (Å²) in [6.45, 7) is -0.446. The van der Waals surface area contributed by atoms with Crippen LogP contribution in [0.15, 0.2) is 54.6 Å². The third-order valence-electron chi connectivity index (χ3n) is 4.97. The summed E-state index contributed by atoms with van der Waals surface area (Å²) in [5.41, 5.74) is 2.62. The molecule has 132 valence electrons. The summed E-state index contributed by atoms with van der Waals surface area (Å²) in [5.74, 6) is -0.959. The van der Waals surface area contributed by atoms with E-state index in [9.17, 15) is 9.59 Å². The number of carbonyl (C=O) groups excluding carboxylic acids is 2. The number of halogens is 1. The summed E-state index contributed by atoms with van der Waals surface area (Å²) in [7, 11) is 0. The minimum absolute atomic E-state index is 0.0575. The van der Waals surface area contributed by atoms with Gasteiger partial charge in [0.1, 0.15) is 17.1 Å². The summed E-state index contributed by atoms with van der Waals surface area (Å²) in [6.07, 6.45) is 1.85. The lowest BCUT2D eigenvalue weighted by atomic mass is 9.62. The van der Waals surface area contributed by atoms with E-state index in [1.54, 1.807) is 0 Å². The maximum Gasteiger partial charge on any atom is 0.684 e. The SMILES string of the molecule is C[C@H](c1ccccc1)[N+]1=Cc2ccccc2[B-]12OC(=O)CC(Br)C(=O)O2. The number of carbonyl (C=O) groups is 2. The van der Waals surface area contributed by atoms with Gasteiger partial charge in [-0.25, -0.2) is 0 Å². The molecule has 1 saturated heterocycles. The van der Waals surface area contributed by atoms with E-state index in [1.165, 1.54) is 0 Å². The van der Waals surface area contributed by atoms with Gasteiger partial charge in [0.05, 0.1) is 6.42 Å². The molecular weight excluding hydrogens is 397 g/mol.